The number of amides is 1. The maximum atomic E-state index is 12.8. The Morgan fingerprint density at radius 1 is 1.19 bits per heavy atom. The number of carbonyl (C=O) groups excluding carboxylic acids is 1. The van der Waals surface area contributed by atoms with E-state index in [0.29, 0.717) is 17.7 Å². The molecule has 0 aliphatic carbocycles. The van der Waals surface area contributed by atoms with Crippen molar-refractivity contribution in [3.8, 4) is 0 Å². The Hall–Kier alpha value is -2.08. The summed E-state index contributed by atoms with van der Waals surface area (Å²) in [4.78, 5) is 21.9. The van der Waals surface area contributed by atoms with Crippen molar-refractivity contribution in [2.24, 2.45) is 5.92 Å². The van der Waals surface area contributed by atoms with Crippen LogP contribution in [0.25, 0.3) is 11.0 Å². The summed E-state index contributed by atoms with van der Waals surface area (Å²) in [6.45, 7) is 6.63. The molecule has 1 amide bonds. The lowest BCUT2D eigenvalue weighted by Crippen LogP contribution is -2.62. The van der Waals surface area contributed by atoms with Gasteiger partial charge < -0.3 is 14.6 Å². The van der Waals surface area contributed by atoms with Crippen molar-refractivity contribution < 1.29 is 9.21 Å². The number of nitrogens with one attached hydrogen (secondary N) is 1. The molecule has 4 aliphatic rings. The van der Waals surface area contributed by atoms with Crippen LogP contribution in [-0.2, 0) is 0 Å². The molecule has 2 aromatic heterocycles. The lowest BCUT2D eigenvalue weighted by atomic mass is 9.79. The summed E-state index contributed by atoms with van der Waals surface area (Å²) in [6, 6.07) is 4.45. The topological polar surface area (TPSA) is 61.6 Å². The van der Waals surface area contributed by atoms with Crippen LogP contribution in [-0.4, -0.2) is 54.1 Å². The molecule has 6 nitrogen and oxygen atoms in total. The van der Waals surface area contributed by atoms with Crippen LogP contribution in [0.5, 0.6) is 0 Å². The number of nitrogens with zero attached hydrogens (tertiary/aromatic N) is 3. The summed E-state index contributed by atoms with van der Waals surface area (Å²) in [7, 11) is 0. The van der Waals surface area contributed by atoms with E-state index in [4.69, 9.17) is 4.42 Å². The van der Waals surface area contributed by atoms with Crippen LogP contribution in [0.1, 0.15) is 43.1 Å². The third-order valence-electron chi connectivity index (χ3n) is 6.51. The van der Waals surface area contributed by atoms with Crippen LogP contribution >= 0.6 is 0 Å². The Balaban J connectivity index is 1.35. The fraction of sp³-hybridized carbons (Fsp3) is 0.600. The van der Waals surface area contributed by atoms with E-state index in [1.165, 1.54) is 25.7 Å². The second-order valence-electron chi connectivity index (χ2n) is 8.00. The lowest BCUT2D eigenvalue weighted by molar-refractivity contribution is 0.0216. The number of fused-ring (bicyclic) bond motifs is 4. The number of rotatable bonds is 3. The van der Waals surface area contributed by atoms with Gasteiger partial charge in [-0.15, -0.1) is 0 Å². The summed E-state index contributed by atoms with van der Waals surface area (Å²) in [5.74, 6) is 1.40. The van der Waals surface area contributed by atoms with Crippen molar-refractivity contribution in [1.29, 1.82) is 0 Å². The van der Waals surface area contributed by atoms with Gasteiger partial charge >= 0.3 is 0 Å². The molecule has 0 saturated carbocycles. The number of carbonyl (C=O) groups is 1. The van der Waals surface area contributed by atoms with E-state index < -0.39 is 0 Å². The molecule has 6 heteroatoms. The second kappa shape index (κ2) is 6.27. The molecule has 26 heavy (non-hydrogen) atoms. The van der Waals surface area contributed by atoms with Crippen LogP contribution in [0.15, 0.2) is 22.7 Å². The molecule has 1 N–H and O–H groups in total. The maximum Gasteiger partial charge on any atom is 0.270 e. The van der Waals surface area contributed by atoms with Gasteiger partial charge in [0.2, 0.25) is 0 Å². The monoisotopic (exact) mass is 354 g/mol. The Morgan fingerprint density at radius 2 is 1.96 bits per heavy atom. The summed E-state index contributed by atoms with van der Waals surface area (Å²) >= 11 is 0. The summed E-state index contributed by atoms with van der Waals surface area (Å²) in [6.07, 6.45) is 6.53. The molecule has 2 bridgehead atoms. The predicted octanol–water partition coefficient (Wildman–Crippen LogP) is 2.64. The van der Waals surface area contributed by atoms with E-state index in [1.54, 1.807) is 12.3 Å². The van der Waals surface area contributed by atoms with Gasteiger partial charge in [0.25, 0.3) is 5.91 Å². The normalized spacial score (nSPS) is 30.9. The maximum absolute atomic E-state index is 12.8. The van der Waals surface area contributed by atoms with Gasteiger partial charge in [-0.3, -0.25) is 14.7 Å². The third-order valence-corrected chi connectivity index (χ3v) is 6.51. The zero-order valence-electron chi connectivity index (χ0n) is 15.3. The molecule has 6 heterocycles. The molecule has 4 saturated heterocycles. The summed E-state index contributed by atoms with van der Waals surface area (Å²) < 4.78 is 6.00. The van der Waals surface area contributed by atoms with Crippen molar-refractivity contribution in [3.05, 3.63) is 24.0 Å². The lowest BCUT2D eigenvalue weighted by Gasteiger charge is -2.49. The van der Waals surface area contributed by atoms with Crippen molar-refractivity contribution in [2.45, 2.75) is 44.7 Å². The van der Waals surface area contributed by atoms with Gasteiger partial charge in [-0.2, -0.15) is 0 Å². The minimum absolute atomic E-state index is 0.0865. The second-order valence-corrected chi connectivity index (χ2v) is 8.00. The number of anilines is 1. The van der Waals surface area contributed by atoms with Crippen molar-refractivity contribution in [1.82, 2.24) is 15.2 Å². The molecular formula is C20H26N4O2. The first-order valence-electron chi connectivity index (χ1n) is 9.88. The van der Waals surface area contributed by atoms with Gasteiger partial charge in [-0.05, 0) is 51.6 Å². The molecule has 6 rings (SSSR count). The van der Waals surface area contributed by atoms with Crippen LogP contribution in [0, 0.1) is 5.92 Å². The van der Waals surface area contributed by atoms with E-state index in [-0.39, 0.29) is 11.9 Å². The standard InChI is InChI=1S/C20H26N4O2/c1-13-19(14-4-8-23(13)9-5-14)22-20(25)16-11-17-15(12-21-16)10-18(26-17)24-6-2-3-7-24/h10-14,19H,2-9H2,1H3,(H,22,25)/t13-,19-/m0/s1. The van der Waals surface area contributed by atoms with E-state index in [0.717, 1.165) is 43.0 Å². The number of hydrogen-bond donors (Lipinski definition) is 1. The van der Waals surface area contributed by atoms with Gasteiger partial charge in [0.15, 0.2) is 5.88 Å². The van der Waals surface area contributed by atoms with Gasteiger partial charge in [-0.25, -0.2) is 0 Å². The molecule has 0 aromatic carbocycles. The molecule has 2 aromatic rings. The zero-order chi connectivity index (χ0) is 17.7. The van der Waals surface area contributed by atoms with E-state index in [1.807, 2.05) is 6.07 Å². The van der Waals surface area contributed by atoms with Crippen LogP contribution in [0.4, 0.5) is 5.88 Å². The van der Waals surface area contributed by atoms with Gasteiger partial charge in [0.05, 0.1) is 0 Å². The number of hydrogen-bond acceptors (Lipinski definition) is 5. The van der Waals surface area contributed by atoms with E-state index >= 15 is 0 Å². The first-order valence-corrected chi connectivity index (χ1v) is 9.88. The van der Waals surface area contributed by atoms with Crippen molar-refractivity contribution >= 4 is 22.8 Å². The van der Waals surface area contributed by atoms with Gasteiger partial charge in [0.1, 0.15) is 11.3 Å². The van der Waals surface area contributed by atoms with Crippen LogP contribution in [0.3, 0.4) is 0 Å². The number of furan rings is 1. The number of pyridine rings is 1. The fourth-order valence-corrected chi connectivity index (χ4v) is 4.91. The number of piperidine rings is 3. The quantitative estimate of drug-likeness (QED) is 0.918. The average molecular weight is 354 g/mol. The molecule has 2 atom stereocenters. The van der Waals surface area contributed by atoms with E-state index in [2.05, 4.69) is 27.0 Å². The molecular weight excluding hydrogens is 328 g/mol. The highest BCUT2D eigenvalue weighted by atomic mass is 16.4. The highest BCUT2D eigenvalue weighted by Crippen LogP contribution is 2.32. The molecule has 0 radical (unpaired) electrons. The molecule has 0 unspecified atom stereocenters. The Labute approximate surface area is 153 Å². The zero-order valence-corrected chi connectivity index (χ0v) is 15.3. The first-order chi connectivity index (χ1) is 12.7. The average Bonchev–Trinajstić information content (AvgIpc) is 3.33. The minimum Gasteiger partial charge on any atom is -0.440 e. The molecule has 0 spiro atoms. The molecule has 4 fully saturated rings. The highest BCUT2D eigenvalue weighted by Gasteiger charge is 2.40. The van der Waals surface area contributed by atoms with Gasteiger partial charge in [0, 0.05) is 48.9 Å². The van der Waals surface area contributed by atoms with Crippen LogP contribution < -0.4 is 10.2 Å². The van der Waals surface area contributed by atoms with Gasteiger partial charge in [-0.1, -0.05) is 0 Å². The first kappa shape index (κ1) is 16.1. The van der Waals surface area contributed by atoms with Crippen LogP contribution in [0.2, 0.25) is 0 Å². The Bertz CT molecular complexity index is 816. The fourth-order valence-electron chi connectivity index (χ4n) is 4.91. The number of aromatic nitrogens is 1. The summed E-state index contributed by atoms with van der Waals surface area (Å²) in [5.41, 5.74) is 1.19. The molecule has 4 aliphatic heterocycles. The largest absolute Gasteiger partial charge is 0.440 e. The summed E-state index contributed by atoms with van der Waals surface area (Å²) in [5, 5.41) is 4.21. The van der Waals surface area contributed by atoms with Crippen molar-refractivity contribution in [2.75, 3.05) is 31.1 Å². The third kappa shape index (κ3) is 2.67. The minimum atomic E-state index is -0.0865. The predicted molar refractivity (Wildman–Crippen MR) is 100 cm³/mol. The Kier molecular flexibility index (Phi) is 3.89. The van der Waals surface area contributed by atoms with Crippen molar-refractivity contribution in [3.63, 3.8) is 0 Å². The Morgan fingerprint density at radius 3 is 2.69 bits per heavy atom. The smallest absolute Gasteiger partial charge is 0.270 e. The van der Waals surface area contributed by atoms with E-state index in [9.17, 15) is 4.79 Å². The highest BCUT2D eigenvalue weighted by molar-refractivity contribution is 5.96. The molecule has 138 valence electrons. The SMILES string of the molecule is C[C@H]1[C@H](NC(=O)c2cc3oc(N4CCCC4)cc3cn2)C2CCN1CC2.